The van der Waals surface area contributed by atoms with Crippen molar-refractivity contribution in [3.05, 3.63) is 0 Å². The Morgan fingerprint density at radius 3 is 2.22 bits per heavy atom. The summed E-state index contributed by atoms with van der Waals surface area (Å²) >= 11 is 0. The number of hydrogen-bond donors (Lipinski definition) is 1. The first-order chi connectivity index (χ1) is 8.59. The molecule has 102 valence electrons. The lowest BCUT2D eigenvalue weighted by Gasteiger charge is -2.36. The van der Waals surface area contributed by atoms with Gasteiger partial charge in [-0.1, -0.05) is 0 Å². The molecule has 2 aliphatic rings. The average molecular weight is 254 g/mol. The van der Waals surface area contributed by atoms with Crippen LogP contribution in [0.3, 0.4) is 0 Å². The quantitative estimate of drug-likeness (QED) is 0.690. The number of carbonyl (C=O) groups is 2. The van der Waals surface area contributed by atoms with Crippen molar-refractivity contribution < 1.29 is 9.59 Å². The van der Waals surface area contributed by atoms with Crippen molar-refractivity contribution in [2.45, 2.75) is 18.9 Å². The zero-order valence-corrected chi connectivity index (χ0v) is 11.2. The predicted octanol–water partition coefficient (Wildman–Crippen LogP) is -0.436. The monoisotopic (exact) mass is 254 g/mol. The second kappa shape index (κ2) is 5.56. The van der Waals surface area contributed by atoms with E-state index < -0.39 is 0 Å². The summed E-state index contributed by atoms with van der Waals surface area (Å²) in [6, 6.07) is 0.0298. The van der Waals surface area contributed by atoms with Crippen LogP contribution in [0.1, 0.15) is 12.8 Å². The van der Waals surface area contributed by atoms with Crippen molar-refractivity contribution in [2.24, 2.45) is 0 Å². The molecule has 0 saturated carbocycles. The minimum atomic E-state index is 0.00102. The molecule has 3 amide bonds. The van der Waals surface area contributed by atoms with E-state index in [9.17, 15) is 9.59 Å². The van der Waals surface area contributed by atoms with Gasteiger partial charge in [-0.3, -0.25) is 4.79 Å². The third-order valence-electron chi connectivity index (χ3n) is 3.60. The van der Waals surface area contributed by atoms with Gasteiger partial charge in [0.05, 0.1) is 6.04 Å². The van der Waals surface area contributed by atoms with Crippen LogP contribution >= 0.6 is 0 Å². The Hall–Kier alpha value is -1.30. The molecular weight excluding hydrogens is 232 g/mol. The first kappa shape index (κ1) is 13.1. The van der Waals surface area contributed by atoms with Gasteiger partial charge >= 0.3 is 6.03 Å². The summed E-state index contributed by atoms with van der Waals surface area (Å²) in [6.45, 7) is 3.51. The third-order valence-corrected chi connectivity index (χ3v) is 3.60. The van der Waals surface area contributed by atoms with Gasteiger partial charge in [0.1, 0.15) is 0 Å². The molecule has 18 heavy (non-hydrogen) atoms. The fourth-order valence-corrected chi connectivity index (χ4v) is 2.52. The van der Waals surface area contributed by atoms with Gasteiger partial charge in [0.2, 0.25) is 5.91 Å². The van der Waals surface area contributed by atoms with E-state index in [0.29, 0.717) is 26.2 Å². The number of nitrogens with one attached hydrogen (secondary N) is 1. The SMILES string of the molecule is CN(C)C(=O)N1CCN(C(=O)[C@@H]2CCCN2)CC1. The fourth-order valence-electron chi connectivity index (χ4n) is 2.52. The van der Waals surface area contributed by atoms with E-state index in [1.807, 2.05) is 4.90 Å². The molecule has 0 aromatic carbocycles. The molecule has 0 spiro atoms. The van der Waals surface area contributed by atoms with E-state index in [4.69, 9.17) is 0 Å². The standard InChI is InChI=1S/C12H22N4O2/c1-14(2)12(18)16-8-6-15(7-9-16)11(17)10-4-3-5-13-10/h10,13H,3-9H2,1-2H3/t10-/m0/s1. The average Bonchev–Trinajstić information content (AvgIpc) is 2.91. The van der Waals surface area contributed by atoms with Gasteiger partial charge in [-0.25, -0.2) is 4.79 Å². The molecule has 0 aromatic heterocycles. The summed E-state index contributed by atoms with van der Waals surface area (Å²) in [6.07, 6.45) is 2.02. The zero-order valence-electron chi connectivity index (χ0n) is 11.2. The molecule has 0 aromatic rings. The molecule has 1 N–H and O–H groups in total. The van der Waals surface area contributed by atoms with Crippen molar-refractivity contribution in [2.75, 3.05) is 46.8 Å². The van der Waals surface area contributed by atoms with Gasteiger partial charge in [-0.15, -0.1) is 0 Å². The van der Waals surface area contributed by atoms with Crippen LogP contribution in [0, 0.1) is 0 Å². The summed E-state index contributed by atoms with van der Waals surface area (Å²) in [5.74, 6) is 0.199. The molecule has 2 rings (SSSR count). The topological polar surface area (TPSA) is 55.9 Å². The second-order valence-electron chi connectivity index (χ2n) is 5.14. The van der Waals surface area contributed by atoms with Crippen molar-refractivity contribution in [3.63, 3.8) is 0 Å². The van der Waals surface area contributed by atoms with E-state index in [1.165, 1.54) is 0 Å². The maximum atomic E-state index is 12.2. The number of hydrogen-bond acceptors (Lipinski definition) is 3. The van der Waals surface area contributed by atoms with E-state index in [0.717, 1.165) is 19.4 Å². The number of rotatable bonds is 1. The molecule has 0 bridgehead atoms. The Morgan fingerprint density at radius 2 is 1.72 bits per heavy atom. The highest BCUT2D eigenvalue weighted by molar-refractivity contribution is 5.82. The lowest BCUT2D eigenvalue weighted by Crippen LogP contribution is -2.55. The summed E-state index contributed by atoms with van der Waals surface area (Å²) < 4.78 is 0. The first-order valence-corrected chi connectivity index (χ1v) is 6.58. The van der Waals surface area contributed by atoms with E-state index in [2.05, 4.69) is 5.32 Å². The van der Waals surface area contributed by atoms with E-state index >= 15 is 0 Å². The van der Waals surface area contributed by atoms with Gasteiger partial charge in [-0.2, -0.15) is 0 Å². The van der Waals surface area contributed by atoms with Crippen LogP contribution in [-0.2, 0) is 4.79 Å². The molecule has 1 atom stereocenters. The van der Waals surface area contributed by atoms with E-state index in [1.54, 1.807) is 23.9 Å². The molecule has 6 heteroatoms. The van der Waals surface area contributed by atoms with Crippen molar-refractivity contribution in [1.29, 1.82) is 0 Å². The molecule has 0 radical (unpaired) electrons. The minimum absolute atomic E-state index is 0.00102. The highest BCUT2D eigenvalue weighted by Crippen LogP contribution is 2.11. The lowest BCUT2D eigenvalue weighted by atomic mass is 10.2. The van der Waals surface area contributed by atoms with Gasteiger partial charge in [0, 0.05) is 40.3 Å². The Balaban J connectivity index is 1.82. The van der Waals surface area contributed by atoms with Crippen LogP contribution in [0.2, 0.25) is 0 Å². The smallest absolute Gasteiger partial charge is 0.319 e. The predicted molar refractivity (Wildman–Crippen MR) is 68.3 cm³/mol. The molecule has 2 fully saturated rings. The van der Waals surface area contributed by atoms with Crippen molar-refractivity contribution >= 4 is 11.9 Å². The molecular formula is C12H22N4O2. The van der Waals surface area contributed by atoms with Crippen LogP contribution in [0.5, 0.6) is 0 Å². The summed E-state index contributed by atoms with van der Waals surface area (Å²) in [4.78, 5) is 29.2. The van der Waals surface area contributed by atoms with Gasteiger partial charge in [0.25, 0.3) is 0 Å². The molecule has 6 nitrogen and oxygen atoms in total. The number of urea groups is 1. The van der Waals surface area contributed by atoms with Crippen molar-refractivity contribution in [3.8, 4) is 0 Å². The number of amides is 3. The molecule has 2 aliphatic heterocycles. The fraction of sp³-hybridized carbons (Fsp3) is 0.833. The highest BCUT2D eigenvalue weighted by Gasteiger charge is 2.30. The molecule has 2 saturated heterocycles. The normalized spacial score (nSPS) is 24.2. The van der Waals surface area contributed by atoms with Crippen LogP contribution in [-0.4, -0.2) is 79.5 Å². The maximum absolute atomic E-state index is 12.2. The largest absolute Gasteiger partial charge is 0.338 e. The Morgan fingerprint density at radius 1 is 1.11 bits per heavy atom. The zero-order chi connectivity index (χ0) is 13.1. The van der Waals surface area contributed by atoms with Crippen LogP contribution in [0.15, 0.2) is 0 Å². The van der Waals surface area contributed by atoms with Gasteiger partial charge in [0.15, 0.2) is 0 Å². The lowest BCUT2D eigenvalue weighted by molar-refractivity contribution is -0.134. The minimum Gasteiger partial charge on any atom is -0.338 e. The summed E-state index contributed by atoms with van der Waals surface area (Å²) in [5.41, 5.74) is 0. The van der Waals surface area contributed by atoms with E-state index in [-0.39, 0.29) is 18.0 Å². The van der Waals surface area contributed by atoms with Crippen LogP contribution in [0.4, 0.5) is 4.79 Å². The Kier molecular flexibility index (Phi) is 4.06. The Bertz CT molecular complexity index is 318. The highest BCUT2D eigenvalue weighted by atomic mass is 16.2. The van der Waals surface area contributed by atoms with Crippen LogP contribution < -0.4 is 5.32 Å². The van der Waals surface area contributed by atoms with Crippen LogP contribution in [0.25, 0.3) is 0 Å². The maximum Gasteiger partial charge on any atom is 0.319 e. The Labute approximate surface area is 108 Å². The molecule has 0 unspecified atom stereocenters. The van der Waals surface area contributed by atoms with Gasteiger partial charge < -0.3 is 20.0 Å². The summed E-state index contributed by atoms with van der Waals surface area (Å²) in [5, 5.41) is 3.23. The summed E-state index contributed by atoms with van der Waals surface area (Å²) in [7, 11) is 3.50. The molecule has 2 heterocycles. The second-order valence-corrected chi connectivity index (χ2v) is 5.14. The number of carbonyl (C=O) groups excluding carboxylic acids is 2. The molecule has 0 aliphatic carbocycles. The number of nitrogens with zero attached hydrogens (tertiary/aromatic N) is 3. The number of piperazine rings is 1. The van der Waals surface area contributed by atoms with Crippen molar-refractivity contribution in [1.82, 2.24) is 20.0 Å². The van der Waals surface area contributed by atoms with Gasteiger partial charge in [-0.05, 0) is 19.4 Å². The third kappa shape index (κ3) is 2.75. The first-order valence-electron chi connectivity index (χ1n) is 6.58.